The number of carbonyl (C=O) groups excluding carboxylic acids is 3. The standard InChI is InChI=1S/C38H35F3N6O3/c1-38(2,3)32(34-43-33(30-20-26(40)15-16-31(30)41)44-46(34)23-24-10-5-4-6-11-24)45(35(48)25-12-9-18-42-22-25)19-17-27(21-39)47-36(49)28-13-7-8-14-29(28)37(47)50/h4-16,18,20,22,27,32H,17,19,21,23H2,1-3H3/t27-,32-/m0/s1. The van der Waals surface area contributed by atoms with Crippen molar-refractivity contribution >= 4 is 17.7 Å². The fourth-order valence-electron chi connectivity index (χ4n) is 6.31. The molecule has 0 fully saturated rings. The predicted molar refractivity (Wildman–Crippen MR) is 180 cm³/mol. The molecule has 0 unspecified atom stereocenters. The normalized spacial score (nSPS) is 14.1. The fourth-order valence-corrected chi connectivity index (χ4v) is 6.31. The Morgan fingerprint density at radius 1 is 0.880 bits per heavy atom. The Kier molecular flexibility index (Phi) is 9.63. The number of hydrogen-bond donors (Lipinski definition) is 0. The quantitative estimate of drug-likeness (QED) is 0.141. The second-order valence-electron chi connectivity index (χ2n) is 13.2. The molecule has 0 radical (unpaired) electrons. The molecule has 3 heterocycles. The van der Waals surface area contributed by atoms with Crippen LogP contribution in [0.3, 0.4) is 0 Å². The van der Waals surface area contributed by atoms with Crippen LogP contribution in [0.15, 0.2) is 97.3 Å². The molecule has 2 aromatic heterocycles. The zero-order valence-electron chi connectivity index (χ0n) is 27.8. The van der Waals surface area contributed by atoms with E-state index in [1.807, 2.05) is 51.1 Å². The Morgan fingerprint density at radius 3 is 2.18 bits per heavy atom. The van der Waals surface area contributed by atoms with Crippen LogP contribution in [0.1, 0.15) is 75.7 Å². The molecule has 0 aliphatic carbocycles. The number of rotatable bonds is 11. The summed E-state index contributed by atoms with van der Waals surface area (Å²) in [7, 11) is 0. The van der Waals surface area contributed by atoms with Gasteiger partial charge in [0.05, 0.1) is 40.9 Å². The number of carbonyl (C=O) groups is 3. The van der Waals surface area contributed by atoms with Crippen LogP contribution < -0.4 is 0 Å². The molecule has 0 saturated carbocycles. The maximum atomic E-state index is 15.1. The van der Waals surface area contributed by atoms with Crippen molar-refractivity contribution in [2.45, 2.75) is 45.8 Å². The molecule has 2 atom stereocenters. The summed E-state index contributed by atoms with van der Waals surface area (Å²) in [4.78, 5) is 52.4. The molecule has 0 saturated heterocycles. The lowest BCUT2D eigenvalue weighted by Gasteiger charge is -2.40. The van der Waals surface area contributed by atoms with Gasteiger partial charge in [-0.1, -0.05) is 63.2 Å². The van der Waals surface area contributed by atoms with E-state index in [9.17, 15) is 23.2 Å². The number of aromatic nitrogens is 4. The summed E-state index contributed by atoms with van der Waals surface area (Å²) in [6.07, 6.45) is 2.84. The molecule has 3 aromatic carbocycles. The summed E-state index contributed by atoms with van der Waals surface area (Å²) < 4.78 is 45.9. The largest absolute Gasteiger partial charge is 0.328 e. The van der Waals surface area contributed by atoms with E-state index in [-0.39, 0.29) is 53.4 Å². The summed E-state index contributed by atoms with van der Waals surface area (Å²) >= 11 is 0. The van der Waals surface area contributed by atoms with E-state index in [4.69, 9.17) is 4.98 Å². The Hall–Kier alpha value is -5.65. The van der Waals surface area contributed by atoms with Crippen LogP contribution >= 0.6 is 0 Å². The predicted octanol–water partition coefficient (Wildman–Crippen LogP) is 6.92. The van der Waals surface area contributed by atoms with Gasteiger partial charge in [0.1, 0.15) is 18.3 Å². The number of alkyl halides is 1. The summed E-state index contributed by atoms with van der Waals surface area (Å²) in [5.41, 5.74) is 0.545. The van der Waals surface area contributed by atoms with Gasteiger partial charge >= 0.3 is 0 Å². The molecule has 1 aliphatic rings. The number of hydrogen-bond acceptors (Lipinski definition) is 6. The molecule has 6 rings (SSSR count). The summed E-state index contributed by atoms with van der Waals surface area (Å²) in [6.45, 7) is 4.71. The van der Waals surface area contributed by atoms with Crippen LogP contribution in [0, 0.1) is 17.0 Å². The van der Waals surface area contributed by atoms with E-state index in [0.717, 1.165) is 28.7 Å². The first kappa shape index (κ1) is 34.2. The van der Waals surface area contributed by atoms with Gasteiger partial charge in [0, 0.05) is 18.9 Å². The number of benzene rings is 3. The Bertz CT molecular complexity index is 2000. The number of nitrogens with zero attached hydrogens (tertiary/aromatic N) is 6. The Morgan fingerprint density at radius 2 is 1.56 bits per heavy atom. The average molecular weight is 681 g/mol. The lowest BCUT2D eigenvalue weighted by atomic mass is 9.84. The summed E-state index contributed by atoms with van der Waals surface area (Å²) in [5, 5.41) is 4.63. The Balaban J connectivity index is 1.45. The topological polar surface area (TPSA) is 101 Å². The summed E-state index contributed by atoms with van der Waals surface area (Å²) in [6, 6.07) is 19.8. The lowest BCUT2D eigenvalue weighted by molar-refractivity contribution is 0.0406. The molecule has 0 N–H and O–H groups in total. The first-order valence-corrected chi connectivity index (χ1v) is 16.2. The zero-order valence-corrected chi connectivity index (χ0v) is 27.8. The third-order valence-corrected chi connectivity index (χ3v) is 8.66. The van der Waals surface area contributed by atoms with Gasteiger partial charge in [0.2, 0.25) is 0 Å². The van der Waals surface area contributed by atoms with Gasteiger partial charge in [0.25, 0.3) is 17.7 Å². The first-order valence-electron chi connectivity index (χ1n) is 16.2. The molecule has 12 heteroatoms. The van der Waals surface area contributed by atoms with Gasteiger partial charge in [-0.3, -0.25) is 24.3 Å². The van der Waals surface area contributed by atoms with Gasteiger partial charge in [-0.15, -0.1) is 0 Å². The van der Waals surface area contributed by atoms with Crippen LogP contribution in [0.5, 0.6) is 0 Å². The Labute approximate surface area is 287 Å². The minimum Gasteiger partial charge on any atom is -0.328 e. The molecular weight excluding hydrogens is 645 g/mol. The molecule has 50 heavy (non-hydrogen) atoms. The lowest BCUT2D eigenvalue weighted by Crippen LogP contribution is -2.47. The van der Waals surface area contributed by atoms with Crippen LogP contribution in [-0.2, 0) is 6.54 Å². The molecule has 0 bridgehead atoms. The van der Waals surface area contributed by atoms with Crippen molar-refractivity contribution in [3.63, 3.8) is 0 Å². The first-order chi connectivity index (χ1) is 24.0. The van der Waals surface area contributed by atoms with Crippen LogP contribution in [0.4, 0.5) is 13.2 Å². The second kappa shape index (κ2) is 14.1. The highest BCUT2D eigenvalue weighted by atomic mass is 19.1. The summed E-state index contributed by atoms with van der Waals surface area (Å²) in [5.74, 6) is -2.87. The number of pyridine rings is 1. The van der Waals surface area contributed by atoms with E-state index < -0.39 is 53.5 Å². The molecule has 5 aromatic rings. The maximum Gasteiger partial charge on any atom is 0.261 e. The van der Waals surface area contributed by atoms with Crippen LogP contribution in [-0.4, -0.2) is 66.5 Å². The third-order valence-electron chi connectivity index (χ3n) is 8.66. The van der Waals surface area contributed by atoms with E-state index in [2.05, 4.69) is 10.1 Å². The van der Waals surface area contributed by atoms with Gasteiger partial charge in [0.15, 0.2) is 11.6 Å². The van der Waals surface area contributed by atoms with Crippen molar-refractivity contribution in [2.75, 3.05) is 13.2 Å². The van der Waals surface area contributed by atoms with Gasteiger partial charge in [-0.25, -0.2) is 22.8 Å². The molecule has 9 nitrogen and oxygen atoms in total. The van der Waals surface area contributed by atoms with E-state index in [0.29, 0.717) is 0 Å². The highest BCUT2D eigenvalue weighted by molar-refractivity contribution is 6.21. The van der Waals surface area contributed by atoms with Crippen LogP contribution in [0.25, 0.3) is 11.4 Å². The van der Waals surface area contributed by atoms with Crippen molar-refractivity contribution in [2.24, 2.45) is 5.41 Å². The maximum absolute atomic E-state index is 15.1. The number of fused-ring (bicyclic) bond motifs is 1. The molecule has 0 spiro atoms. The minimum absolute atomic E-state index is 0.0800. The molecule has 3 amide bonds. The van der Waals surface area contributed by atoms with Gasteiger partial charge in [-0.05, 0) is 59.9 Å². The van der Waals surface area contributed by atoms with Crippen molar-refractivity contribution in [1.29, 1.82) is 0 Å². The van der Waals surface area contributed by atoms with Crippen molar-refractivity contribution in [3.8, 4) is 11.4 Å². The van der Waals surface area contributed by atoms with Crippen LogP contribution in [0.2, 0.25) is 0 Å². The third kappa shape index (κ3) is 6.78. The van der Waals surface area contributed by atoms with Gasteiger partial charge in [-0.2, -0.15) is 5.10 Å². The second-order valence-corrected chi connectivity index (χ2v) is 13.2. The SMILES string of the molecule is CC(C)(C)[C@H](c1nc(-c2cc(F)ccc2F)nn1Cc1ccccc1)N(CC[C@@H](CF)N1C(=O)c2ccccc2C1=O)C(=O)c1cccnc1. The van der Waals surface area contributed by atoms with E-state index in [1.54, 1.807) is 28.9 Å². The van der Waals surface area contributed by atoms with Crippen molar-refractivity contribution in [1.82, 2.24) is 29.5 Å². The highest BCUT2D eigenvalue weighted by Gasteiger charge is 2.43. The fraction of sp³-hybridized carbons (Fsp3) is 0.263. The number of halogens is 3. The van der Waals surface area contributed by atoms with Crippen molar-refractivity contribution < 1.29 is 27.6 Å². The van der Waals surface area contributed by atoms with Crippen molar-refractivity contribution in [3.05, 3.63) is 137 Å². The van der Waals surface area contributed by atoms with Gasteiger partial charge < -0.3 is 4.90 Å². The minimum atomic E-state index is -1.17. The monoisotopic (exact) mass is 680 g/mol. The zero-order chi connectivity index (χ0) is 35.6. The van der Waals surface area contributed by atoms with E-state index >= 15 is 4.39 Å². The number of amides is 3. The molecular formula is C38H35F3N6O3. The average Bonchev–Trinajstić information content (AvgIpc) is 3.62. The number of imide groups is 1. The van der Waals surface area contributed by atoms with E-state index in [1.165, 1.54) is 29.4 Å². The highest BCUT2D eigenvalue weighted by Crippen LogP contribution is 2.40. The smallest absolute Gasteiger partial charge is 0.261 e. The molecule has 1 aliphatic heterocycles. The molecule has 256 valence electrons.